The molecule has 130 valence electrons. The monoisotopic (exact) mass is 327 g/mol. The molecule has 24 heavy (non-hydrogen) atoms. The fraction of sp³-hybridized carbons (Fsp3) is 0.429. The minimum Gasteiger partial charge on any atom is -0.494 e. The maximum Gasteiger partial charge on any atom is 0.119 e. The fourth-order valence-corrected chi connectivity index (χ4v) is 2.35. The van der Waals surface area contributed by atoms with Crippen molar-refractivity contribution in [1.82, 2.24) is 0 Å². The van der Waals surface area contributed by atoms with Gasteiger partial charge in [-0.2, -0.15) is 0 Å². The Bertz CT molecular complexity index is 573. The van der Waals surface area contributed by atoms with Crippen LogP contribution in [0, 0.1) is 0 Å². The second-order valence-electron chi connectivity index (χ2n) is 6.97. The molecule has 0 aliphatic carbocycles. The molecule has 0 saturated heterocycles. The van der Waals surface area contributed by atoms with E-state index in [-0.39, 0.29) is 5.54 Å². The van der Waals surface area contributed by atoms with E-state index in [9.17, 15) is 0 Å². The molecule has 0 heterocycles. The van der Waals surface area contributed by atoms with Gasteiger partial charge in [-0.15, -0.1) is 0 Å². The molecule has 0 aromatic heterocycles. The predicted octanol–water partition coefficient (Wildman–Crippen LogP) is 5.53. The molecule has 0 aliphatic heterocycles. The van der Waals surface area contributed by atoms with Crippen LogP contribution in [0.15, 0.2) is 54.6 Å². The minimum absolute atomic E-state index is 0.0736. The van der Waals surface area contributed by atoms with E-state index >= 15 is 0 Å². The molecule has 0 amide bonds. The molecular weight excluding hydrogens is 298 g/mol. The van der Waals surface area contributed by atoms with Gasteiger partial charge in [-0.05, 0) is 76.4 Å². The van der Waals surface area contributed by atoms with Gasteiger partial charge >= 0.3 is 0 Å². The normalized spacial score (nSPS) is 11.1. The third kappa shape index (κ3) is 7.40. The number of rotatable bonds is 9. The Morgan fingerprint density at radius 2 is 1.25 bits per heavy atom. The Labute approximate surface area is 146 Å². The van der Waals surface area contributed by atoms with Crippen molar-refractivity contribution < 1.29 is 9.47 Å². The van der Waals surface area contributed by atoms with Crippen LogP contribution in [-0.2, 0) is 0 Å². The Morgan fingerprint density at radius 1 is 0.708 bits per heavy atom. The lowest BCUT2D eigenvalue weighted by molar-refractivity contribution is 0.279. The van der Waals surface area contributed by atoms with Gasteiger partial charge in [0.15, 0.2) is 0 Å². The van der Waals surface area contributed by atoms with Crippen LogP contribution in [0.25, 0.3) is 0 Å². The molecule has 2 aromatic carbocycles. The minimum atomic E-state index is 0.0736. The average Bonchev–Trinajstić information content (AvgIpc) is 2.55. The lowest BCUT2D eigenvalue weighted by atomic mass is 10.1. The standard InChI is InChI=1S/C21H29NO2/c1-21(2,3)22-18-12-14-20(15-13-18)24-17-9-5-8-16-23-19-10-6-4-7-11-19/h4,6-7,10-15,22H,5,8-9,16-17H2,1-3H3. The first-order valence-corrected chi connectivity index (χ1v) is 8.72. The lowest BCUT2D eigenvalue weighted by Gasteiger charge is -2.22. The molecule has 0 aliphatic rings. The number of para-hydroxylation sites is 1. The van der Waals surface area contributed by atoms with E-state index < -0.39 is 0 Å². The van der Waals surface area contributed by atoms with Crippen LogP contribution in [0.3, 0.4) is 0 Å². The summed E-state index contributed by atoms with van der Waals surface area (Å²) in [4.78, 5) is 0. The third-order valence-corrected chi connectivity index (χ3v) is 3.44. The summed E-state index contributed by atoms with van der Waals surface area (Å²) >= 11 is 0. The van der Waals surface area contributed by atoms with Crippen molar-refractivity contribution >= 4 is 5.69 Å². The first-order chi connectivity index (χ1) is 11.5. The van der Waals surface area contributed by atoms with Crippen LogP contribution in [0.2, 0.25) is 0 Å². The Balaban J connectivity index is 1.56. The van der Waals surface area contributed by atoms with Gasteiger partial charge in [0, 0.05) is 11.2 Å². The Hall–Kier alpha value is -2.16. The molecule has 0 radical (unpaired) electrons. The predicted molar refractivity (Wildman–Crippen MR) is 101 cm³/mol. The zero-order valence-corrected chi connectivity index (χ0v) is 15.0. The highest BCUT2D eigenvalue weighted by atomic mass is 16.5. The summed E-state index contributed by atoms with van der Waals surface area (Å²) in [7, 11) is 0. The zero-order chi connectivity index (χ0) is 17.3. The second-order valence-corrected chi connectivity index (χ2v) is 6.97. The number of hydrogen-bond acceptors (Lipinski definition) is 3. The molecular formula is C21H29NO2. The molecule has 0 fully saturated rings. The molecule has 0 bridgehead atoms. The van der Waals surface area contributed by atoms with Crippen LogP contribution in [0.5, 0.6) is 11.5 Å². The molecule has 0 saturated carbocycles. The molecule has 0 spiro atoms. The third-order valence-electron chi connectivity index (χ3n) is 3.44. The number of nitrogens with one attached hydrogen (secondary N) is 1. The summed E-state index contributed by atoms with van der Waals surface area (Å²) in [6.07, 6.45) is 3.20. The van der Waals surface area contributed by atoms with Gasteiger partial charge in [-0.25, -0.2) is 0 Å². The highest BCUT2D eigenvalue weighted by Crippen LogP contribution is 2.19. The van der Waals surface area contributed by atoms with E-state index in [1.165, 1.54) is 0 Å². The molecule has 3 nitrogen and oxygen atoms in total. The zero-order valence-electron chi connectivity index (χ0n) is 15.0. The maximum absolute atomic E-state index is 5.79. The summed E-state index contributed by atoms with van der Waals surface area (Å²) < 4.78 is 11.5. The van der Waals surface area contributed by atoms with Gasteiger partial charge < -0.3 is 14.8 Å². The van der Waals surface area contributed by atoms with Gasteiger partial charge in [0.05, 0.1) is 13.2 Å². The second kappa shape index (κ2) is 9.21. The van der Waals surface area contributed by atoms with Crippen molar-refractivity contribution in [2.24, 2.45) is 0 Å². The van der Waals surface area contributed by atoms with E-state index in [0.717, 1.165) is 49.7 Å². The van der Waals surface area contributed by atoms with Gasteiger partial charge in [-0.3, -0.25) is 0 Å². The quantitative estimate of drug-likeness (QED) is 0.615. The summed E-state index contributed by atoms with van der Waals surface area (Å²) in [6.45, 7) is 7.96. The van der Waals surface area contributed by atoms with Crippen LogP contribution >= 0.6 is 0 Å². The first-order valence-electron chi connectivity index (χ1n) is 8.72. The lowest BCUT2D eigenvalue weighted by Crippen LogP contribution is -2.25. The molecule has 2 rings (SSSR count). The average molecular weight is 327 g/mol. The van der Waals surface area contributed by atoms with E-state index in [1.54, 1.807) is 0 Å². The largest absolute Gasteiger partial charge is 0.494 e. The van der Waals surface area contributed by atoms with Gasteiger partial charge in [-0.1, -0.05) is 18.2 Å². The van der Waals surface area contributed by atoms with Gasteiger partial charge in [0.25, 0.3) is 0 Å². The van der Waals surface area contributed by atoms with Crippen molar-refractivity contribution in [3.05, 3.63) is 54.6 Å². The molecule has 3 heteroatoms. The number of benzene rings is 2. The summed E-state index contributed by atoms with van der Waals surface area (Å²) in [5.41, 5.74) is 1.19. The van der Waals surface area contributed by atoms with Crippen molar-refractivity contribution in [3.8, 4) is 11.5 Å². The first kappa shape index (κ1) is 18.2. The maximum atomic E-state index is 5.79. The van der Waals surface area contributed by atoms with E-state index in [2.05, 4.69) is 38.2 Å². The summed E-state index contributed by atoms with van der Waals surface area (Å²) in [6, 6.07) is 18.1. The van der Waals surface area contributed by atoms with E-state index in [0.29, 0.717) is 0 Å². The molecule has 2 aromatic rings. The summed E-state index contributed by atoms with van der Waals surface area (Å²) in [5.74, 6) is 1.87. The van der Waals surface area contributed by atoms with E-state index in [4.69, 9.17) is 9.47 Å². The number of anilines is 1. The number of unbranched alkanes of at least 4 members (excludes halogenated alkanes) is 2. The van der Waals surface area contributed by atoms with Gasteiger partial charge in [0.1, 0.15) is 11.5 Å². The van der Waals surface area contributed by atoms with Gasteiger partial charge in [0.2, 0.25) is 0 Å². The molecule has 1 N–H and O–H groups in total. The van der Waals surface area contributed by atoms with E-state index in [1.807, 2.05) is 42.5 Å². The SMILES string of the molecule is CC(C)(C)Nc1ccc(OCCCCCOc2ccccc2)cc1. The Morgan fingerprint density at radius 3 is 1.79 bits per heavy atom. The van der Waals surface area contributed by atoms with Crippen molar-refractivity contribution in [1.29, 1.82) is 0 Å². The Kier molecular flexibility index (Phi) is 6.98. The fourth-order valence-electron chi connectivity index (χ4n) is 2.35. The van der Waals surface area contributed by atoms with Crippen molar-refractivity contribution in [2.75, 3.05) is 18.5 Å². The highest BCUT2D eigenvalue weighted by Gasteiger charge is 2.08. The number of ether oxygens (including phenoxy) is 2. The topological polar surface area (TPSA) is 30.5 Å². The van der Waals surface area contributed by atoms with Crippen LogP contribution in [-0.4, -0.2) is 18.8 Å². The molecule has 0 unspecified atom stereocenters. The molecule has 0 atom stereocenters. The highest BCUT2D eigenvalue weighted by molar-refractivity contribution is 5.47. The smallest absolute Gasteiger partial charge is 0.119 e. The van der Waals surface area contributed by atoms with Crippen LogP contribution < -0.4 is 14.8 Å². The summed E-state index contributed by atoms with van der Waals surface area (Å²) in [5, 5.41) is 3.44. The van der Waals surface area contributed by atoms with Crippen LogP contribution in [0.1, 0.15) is 40.0 Å². The van der Waals surface area contributed by atoms with Crippen LogP contribution in [0.4, 0.5) is 5.69 Å². The van der Waals surface area contributed by atoms with Crippen molar-refractivity contribution in [3.63, 3.8) is 0 Å². The number of hydrogen-bond donors (Lipinski definition) is 1. The van der Waals surface area contributed by atoms with Crippen molar-refractivity contribution in [2.45, 2.75) is 45.6 Å².